The Balaban J connectivity index is 2.36. The zero-order valence-electron chi connectivity index (χ0n) is 10.1. The molecule has 0 fully saturated rings. The van der Waals surface area contributed by atoms with Crippen LogP contribution in [0.5, 0.6) is 17.5 Å². The Kier molecular flexibility index (Phi) is 3.58. The minimum Gasteiger partial charge on any atom is -0.481 e. The first-order chi connectivity index (χ1) is 8.60. The molecule has 0 atom stereocenters. The summed E-state index contributed by atoms with van der Waals surface area (Å²) in [7, 11) is 1.53. The number of rotatable bonds is 3. The predicted molar refractivity (Wildman–Crippen MR) is 71.5 cm³/mol. The zero-order valence-corrected chi connectivity index (χ0v) is 10.9. The van der Waals surface area contributed by atoms with Gasteiger partial charge in [0, 0.05) is 11.1 Å². The molecule has 0 unspecified atom stereocenters. The van der Waals surface area contributed by atoms with Gasteiger partial charge < -0.3 is 15.2 Å². The minimum atomic E-state index is 0.305. The van der Waals surface area contributed by atoms with E-state index in [1.807, 2.05) is 13.0 Å². The van der Waals surface area contributed by atoms with Crippen LogP contribution in [0.4, 0.5) is 5.69 Å². The van der Waals surface area contributed by atoms with E-state index >= 15 is 0 Å². The molecule has 0 aliphatic carbocycles. The van der Waals surface area contributed by atoms with Crippen LogP contribution in [0, 0.1) is 6.92 Å². The average molecular weight is 265 g/mol. The number of benzene rings is 1. The largest absolute Gasteiger partial charge is 0.481 e. The fraction of sp³-hybridized carbons (Fsp3) is 0.154. The monoisotopic (exact) mass is 264 g/mol. The van der Waals surface area contributed by atoms with Crippen LogP contribution in [0.1, 0.15) is 5.56 Å². The first-order valence-electron chi connectivity index (χ1n) is 5.34. The molecule has 0 radical (unpaired) electrons. The van der Waals surface area contributed by atoms with Crippen molar-refractivity contribution in [3.63, 3.8) is 0 Å². The Bertz CT molecular complexity index is 573. The number of hydrogen-bond acceptors (Lipinski definition) is 4. The van der Waals surface area contributed by atoms with Gasteiger partial charge in [0.1, 0.15) is 5.75 Å². The van der Waals surface area contributed by atoms with Gasteiger partial charge in [-0.25, -0.2) is 0 Å². The van der Waals surface area contributed by atoms with Crippen molar-refractivity contribution in [2.45, 2.75) is 6.92 Å². The Morgan fingerprint density at radius 2 is 2.00 bits per heavy atom. The van der Waals surface area contributed by atoms with Gasteiger partial charge in [-0.3, -0.25) is 0 Å². The van der Waals surface area contributed by atoms with Gasteiger partial charge in [-0.15, -0.1) is 0 Å². The topological polar surface area (TPSA) is 57.4 Å². The van der Waals surface area contributed by atoms with Gasteiger partial charge >= 0.3 is 0 Å². The highest BCUT2D eigenvalue weighted by molar-refractivity contribution is 6.30. The summed E-state index contributed by atoms with van der Waals surface area (Å²) in [4.78, 5) is 4.14. The number of nitrogens with two attached hydrogens (primary N) is 1. The van der Waals surface area contributed by atoms with E-state index in [2.05, 4.69) is 4.98 Å². The van der Waals surface area contributed by atoms with Crippen LogP contribution in [0.25, 0.3) is 0 Å². The SMILES string of the molecule is COc1ccc(N)c(Oc2cc(Cl)ccc2C)n1. The van der Waals surface area contributed by atoms with Gasteiger partial charge in [-0.05, 0) is 30.7 Å². The second-order valence-electron chi connectivity index (χ2n) is 3.76. The number of aromatic nitrogens is 1. The molecule has 0 bridgehead atoms. The van der Waals surface area contributed by atoms with Crippen molar-refractivity contribution in [2.24, 2.45) is 0 Å². The molecule has 0 saturated carbocycles. The number of aryl methyl sites for hydroxylation is 1. The van der Waals surface area contributed by atoms with Crippen LogP contribution < -0.4 is 15.2 Å². The molecule has 0 aliphatic rings. The average Bonchev–Trinajstić information content (AvgIpc) is 2.36. The quantitative estimate of drug-likeness (QED) is 0.923. The summed E-state index contributed by atoms with van der Waals surface area (Å²) >= 11 is 5.93. The Morgan fingerprint density at radius 3 is 2.72 bits per heavy atom. The minimum absolute atomic E-state index is 0.305. The molecule has 94 valence electrons. The first-order valence-corrected chi connectivity index (χ1v) is 5.72. The first kappa shape index (κ1) is 12.5. The van der Waals surface area contributed by atoms with Crippen LogP contribution in [0.2, 0.25) is 5.02 Å². The molecule has 1 heterocycles. The van der Waals surface area contributed by atoms with Gasteiger partial charge in [0.25, 0.3) is 0 Å². The molecule has 1 aromatic carbocycles. The van der Waals surface area contributed by atoms with E-state index in [-0.39, 0.29) is 0 Å². The van der Waals surface area contributed by atoms with Crippen LogP contribution in [-0.4, -0.2) is 12.1 Å². The highest BCUT2D eigenvalue weighted by Crippen LogP contribution is 2.31. The van der Waals surface area contributed by atoms with Gasteiger partial charge in [0.15, 0.2) is 0 Å². The Morgan fingerprint density at radius 1 is 1.22 bits per heavy atom. The van der Waals surface area contributed by atoms with Crippen molar-refractivity contribution < 1.29 is 9.47 Å². The number of methoxy groups -OCH3 is 1. The van der Waals surface area contributed by atoms with Crippen LogP contribution in [0.15, 0.2) is 30.3 Å². The summed E-state index contributed by atoms with van der Waals surface area (Å²) < 4.78 is 10.7. The maximum Gasteiger partial charge on any atom is 0.246 e. The fourth-order valence-electron chi connectivity index (χ4n) is 1.42. The highest BCUT2D eigenvalue weighted by atomic mass is 35.5. The molecule has 1 aromatic heterocycles. The van der Waals surface area contributed by atoms with Gasteiger partial charge in [0.2, 0.25) is 11.8 Å². The van der Waals surface area contributed by atoms with E-state index in [1.165, 1.54) is 7.11 Å². The maximum absolute atomic E-state index is 5.93. The fourth-order valence-corrected chi connectivity index (χ4v) is 1.58. The predicted octanol–water partition coefficient (Wildman–Crippen LogP) is 3.43. The second-order valence-corrected chi connectivity index (χ2v) is 4.20. The molecular formula is C13H13ClN2O2. The molecular weight excluding hydrogens is 252 g/mol. The molecule has 2 rings (SSSR count). The van der Waals surface area contributed by atoms with Crippen LogP contribution in [-0.2, 0) is 0 Å². The van der Waals surface area contributed by atoms with Gasteiger partial charge in [0.05, 0.1) is 12.8 Å². The molecule has 5 heteroatoms. The summed E-state index contributed by atoms with van der Waals surface area (Å²) in [5.41, 5.74) is 7.19. The van der Waals surface area contributed by atoms with Crippen molar-refractivity contribution in [1.82, 2.24) is 4.98 Å². The van der Waals surface area contributed by atoms with E-state index in [0.717, 1.165) is 5.56 Å². The smallest absolute Gasteiger partial charge is 0.246 e. The van der Waals surface area contributed by atoms with Crippen molar-refractivity contribution in [3.8, 4) is 17.5 Å². The number of nitrogens with zero attached hydrogens (tertiary/aromatic N) is 1. The lowest BCUT2D eigenvalue weighted by Crippen LogP contribution is -1.98. The number of anilines is 1. The number of ether oxygens (including phenoxy) is 2. The van der Waals surface area contributed by atoms with Crippen molar-refractivity contribution in [2.75, 3.05) is 12.8 Å². The molecule has 18 heavy (non-hydrogen) atoms. The third-order valence-corrected chi connectivity index (χ3v) is 2.67. The summed E-state index contributed by atoms with van der Waals surface area (Å²) in [6, 6.07) is 8.74. The second kappa shape index (κ2) is 5.14. The van der Waals surface area contributed by atoms with E-state index < -0.39 is 0 Å². The third kappa shape index (κ3) is 2.65. The van der Waals surface area contributed by atoms with Crippen molar-refractivity contribution in [1.29, 1.82) is 0 Å². The van der Waals surface area contributed by atoms with E-state index in [9.17, 15) is 0 Å². The third-order valence-electron chi connectivity index (χ3n) is 2.43. The van der Waals surface area contributed by atoms with Gasteiger partial charge in [-0.1, -0.05) is 17.7 Å². The highest BCUT2D eigenvalue weighted by Gasteiger charge is 2.08. The lowest BCUT2D eigenvalue weighted by molar-refractivity contribution is 0.384. The standard InChI is InChI=1S/C13H13ClN2O2/c1-8-3-4-9(14)7-11(8)18-13-10(15)5-6-12(16-13)17-2/h3-7H,15H2,1-2H3. The van der Waals surface area contributed by atoms with Crippen molar-refractivity contribution in [3.05, 3.63) is 40.9 Å². The number of hydrogen-bond donors (Lipinski definition) is 1. The molecule has 2 aromatic rings. The summed E-state index contributed by atoms with van der Waals surface area (Å²) in [6.45, 7) is 1.92. The zero-order chi connectivity index (χ0) is 13.1. The molecule has 0 saturated heterocycles. The Labute approximate surface area is 110 Å². The van der Waals surface area contributed by atoms with E-state index in [0.29, 0.717) is 28.2 Å². The van der Waals surface area contributed by atoms with Crippen molar-refractivity contribution >= 4 is 17.3 Å². The lowest BCUT2D eigenvalue weighted by Gasteiger charge is -2.10. The van der Waals surface area contributed by atoms with E-state index in [1.54, 1.807) is 24.3 Å². The van der Waals surface area contributed by atoms with Crippen LogP contribution >= 0.6 is 11.6 Å². The Hall–Kier alpha value is -1.94. The molecule has 0 amide bonds. The number of pyridine rings is 1. The normalized spacial score (nSPS) is 10.2. The molecule has 0 spiro atoms. The maximum atomic E-state index is 5.93. The van der Waals surface area contributed by atoms with Crippen LogP contribution in [0.3, 0.4) is 0 Å². The summed E-state index contributed by atoms with van der Waals surface area (Å²) in [5.74, 6) is 1.37. The molecule has 2 N–H and O–H groups in total. The van der Waals surface area contributed by atoms with Gasteiger partial charge in [-0.2, -0.15) is 4.98 Å². The molecule has 0 aliphatic heterocycles. The van der Waals surface area contributed by atoms with E-state index in [4.69, 9.17) is 26.8 Å². The summed E-state index contributed by atoms with van der Waals surface area (Å²) in [5, 5.41) is 0.595. The molecule has 4 nitrogen and oxygen atoms in total. The summed E-state index contributed by atoms with van der Waals surface area (Å²) in [6.07, 6.45) is 0. The number of halogens is 1. The lowest BCUT2D eigenvalue weighted by atomic mass is 10.2. The number of nitrogen functional groups attached to an aromatic ring is 1.